The fraction of sp³-hybridized carbons (Fsp3) is 0.263. The van der Waals surface area contributed by atoms with Crippen molar-refractivity contribution in [1.82, 2.24) is 14.8 Å². The molecule has 1 aliphatic rings. The lowest BCUT2D eigenvalue weighted by atomic mass is 9.85. The van der Waals surface area contributed by atoms with Gasteiger partial charge in [0.2, 0.25) is 0 Å². The summed E-state index contributed by atoms with van der Waals surface area (Å²) in [5.74, 6) is -4.74. The second kappa shape index (κ2) is 7.00. The Morgan fingerprint density at radius 3 is 2.34 bits per heavy atom. The Kier molecular flexibility index (Phi) is 4.74. The Labute approximate surface area is 167 Å². The maximum absolute atomic E-state index is 14.6. The second-order valence-electron chi connectivity index (χ2n) is 6.87. The first kappa shape index (κ1) is 19.7. The third kappa shape index (κ3) is 3.44. The number of ether oxygens (including phenoxy) is 1. The summed E-state index contributed by atoms with van der Waals surface area (Å²) in [5.41, 5.74) is -3.99. The van der Waals surface area contributed by atoms with Crippen molar-refractivity contribution in [3.8, 4) is 5.75 Å². The van der Waals surface area contributed by atoms with Crippen LogP contribution in [0.1, 0.15) is 18.4 Å². The predicted molar refractivity (Wildman–Crippen MR) is 94.2 cm³/mol. The van der Waals surface area contributed by atoms with Gasteiger partial charge in [-0.2, -0.15) is 5.10 Å². The van der Waals surface area contributed by atoms with Crippen LogP contribution in [0.25, 0.3) is 0 Å². The first-order chi connectivity index (χ1) is 13.7. The number of aromatic nitrogens is 3. The number of halogens is 5. The summed E-state index contributed by atoms with van der Waals surface area (Å²) in [6.07, 6.45) is 2.82. The van der Waals surface area contributed by atoms with E-state index in [4.69, 9.17) is 16.3 Å². The van der Waals surface area contributed by atoms with E-state index in [-0.39, 0.29) is 30.0 Å². The molecule has 0 radical (unpaired) electrons. The van der Waals surface area contributed by atoms with Gasteiger partial charge in [0.1, 0.15) is 29.9 Å². The molecule has 0 saturated heterocycles. The minimum absolute atomic E-state index is 0.163. The highest BCUT2D eigenvalue weighted by Gasteiger charge is 2.64. The molecule has 1 unspecified atom stereocenters. The van der Waals surface area contributed by atoms with E-state index < -0.39 is 40.2 Å². The Morgan fingerprint density at radius 1 is 1.10 bits per heavy atom. The van der Waals surface area contributed by atoms with Gasteiger partial charge in [-0.1, -0.05) is 17.7 Å². The van der Waals surface area contributed by atoms with Crippen molar-refractivity contribution in [2.75, 3.05) is 0 Å². The maximum atomic E-state index is 14.6. The normalized spacial score (nSPS) is 17.0. The second-order valence-corrected chi connectivity index (χ2v) is 7.31. The van der Waals surface area contributed by atoms with E-state index >= 15 is 0 Å². The highest BCUT2D eigenvalue weighted by molar-refractivity contribution is 6.30. The molecular formula is C19H14ClF4N3O2. The number of hydrogen-bond donors (Lipinski definition) is 1. The van der Waals surface area contributed by atoms with Crippen molar-refractivity contribution in [3.63, 3.8) is 0 Å². The summed E-state index contributed by atoms with van der Waals surface area (Å²) in [6.45, 7) is -0.341. The minimum Gasteiger partial charge on any atom is -0.478 e. The highest BCUT2D eigenvalue weighted by atomic mass is 35.5. The van der Waals surface area contributed by atoms with Crippen molar-refractivity contribution < 1.29 is 27.4 Å². The molecule has 1 atom stereocenters. The van der Waals surface area contributed by atoms with E-state index in [1.54, 1.807) is 0 Å². The molecule has 29 heavy (non-hydrogen) atoms. The van der Waals surface area contributed by atoms with Gasteiger partial charge < -0.3 is 9.84 Å². The van der Waals surface area contributed by atoms with Gasteiger partial charge in [0, 0.05) is 16.7 Å². The van der Waals surface area contributed by atoms with Crippen LogP contribution in [-0.2, 0) is 12.1 Å². The largest absolute Gasteiger partial charge is 0.478 e. The van der Waals surface area contributed by atoms with E-state index in [1.165, 1.54) is 17.3 Å². The topological polar surface area (TPSA) is 60.2 Å². The summed E-state index contributed by atoms with van der Waals surface area (Å²) >= 11 is 5.64. The SMILES string of the molecule is OC(Cn1cncn1)(c1ccc(F)cc1F)C1(Oc2c(F)cc(Cl)cc2F)CC1. The third-order valence-electron chi connectivity index (χ3n) is 4.95. The molecule has 152 valence electrons. The van der Waals surface area contributed by atoms with E-state index in [9.17, 15) is 22.7 Å². The summed E-state index contributed by atoms with van der Waals surface area (Å²) in [7, 11) is 0. The summed E-state index contributed by atoms with van der Waals surface area (Å²) in [5, 5.41) is 15.3. The fourth-order valence-corrected chi connectivity index (χ4v) is 3.58. The van der Waals surface area contributed by atoms with Gasteiger partial charge in [-0.15, -0.1) is 0 Å². The fourth-order valence-electron chi connectivity index (χ4n) is 3.38. The Morgan fingerprint density at radius 2 is 1.79 bits per heavy atom. The highest BCUT2D eigenvalue weighted by Crippen LogP contribution is 2.55. The molecule has 1 fully saturated rings. The van der Waals surface area contributed by atoms with Crippen molar-refractivity contribution in [1.29, 1.82) is 0 Å². The average molecular weight is 428 g/mol. The van der Waals surface area contributed by atoms with E-state index in [0.29, 0.717) is 6.07 Å². The predicted octanol–water partition coefficient (Wildman–Crippen LogP) is 3.99. The van der Waals surface area contributed by atoms with Gasteiger partial charge in [0.15, 0.2) is 23.0 Å². The monoisotopic (exact) mass is 427 g/mol. The van der Waals surface area contributed by atoms with Crippen LogP contribution in [0.15, 0.2) is 43.0 Å². The molecular weight excluding hydrogens is 414 g/mol. The summed E-state index contributed by atoms with van der Waals surface area (Å²) in [4.78, 5) is 3.77. The molecule has 1 heterocycles. The van der Waals surface area contributed by atoms with Gasteiger partial charge in [-0.05, 0) is 31.0 Å². The number of rotatable bonds is 6. The Balaban J connectivity index is 1.81. The molecule has 2 aromatic carbocycles. The first-order valence-electron chi connectivity index (χ1n) is 8.58. The number of hydrogen-bond acceptors (Lipinski definition) is 4. The lowest BCUT2D eigenvalue weighted by Crippen LogP contribution is -2.49. The van der Waals surface area contributed by atoms with Crippen molar-refractivity contribution in [2.45, 2.75) is 30.6 Å². The van der Waals surface area contributed by atoms with Gasteiger partial charge in [0.25, 0.3) is 0 Å². The van der Waals surface area contributed by atoms with Crippen LogP contribution in [0, 0.1) is 23.3 Å². The van der Waals surface area contributed by atoms with Crippen molar-refractivity contribution in [2.24, 2.45) is 0 Å². The summed E-state index contributed by atoms with van der Waals surface area (Å²) in [6, 6.07) is 4.39. The molecule has 0 amide bonds. The molecule has 1 aromatic heterocycles. The molecule has 3 aromatic rings. The number of benzene rings is 2. The zero-order valence-electron chi connectivity index (χ0n) is 14.7. The van der Waals surface area contributed by atoms with Crippen LogP contribution in [0.3, 0.4) is 0 Å². The number of aliphatic hydroxyl groups is 1. The van der Waals surface area contributed by atoms with E-state index in [0.717, 1.165) is 24.3 Å². The minimum atomic E-state index is -2.13. The summed E-state index contributed by atoms with van der Waals surface area (Å²) < 4.78 is 63.4. The van der Waals surface area contributed by atoms with E-state index in [1.807, 2.05) is 0 Å². The molecule has 1 saturated carbocycles. The van der Waals surface area contributed by atoms with Crippen molar-refractivity contribution >= 4 is 11.6 Å². The smallest absolute Gasteiger partial charge is 0.191 e. The van der Waals surface area contributed by atoms with E-state index in [2.05, 4.69) is 10.1 Å². The van der Waals surface area contributed by atoms with Gasteiger partial charge >= 0.3 is 0 Å². The molecule has 5 nitrogen and oxygen atoms in total. The zero-order chi connectivity index (χ0) is 20.8. The quantitative estimate of drug-likeness (QED) is 0.604. The van der Waals surface area contributed by atoms with Crippen LogP contribution in [0.4, 0.5) is 17.6 Å². The van der Waals surface area contributed by atoms with Gasteiger partial charge in [-0.25, -0.2) is 27.2 Å². The van der Waals surface area contributed by atoms with Crippen LogP contribution < -0.4 is 4.74 Å². The van der Waals surface area contributed by atoms with Crippen molar-refractivity contribution in [3.05, 3.63) is 76.8 Å². The van der Waals surface area contributed by atoms with Gasteiger partial charge in [-0.3, -0.25) is 0 Å². The molecule has 1 aliphatic carbocycles. The first-order valence-corrected chi connectivity index (χ1v) is 8.96. The lowest BCUT2D eigenvalue weighted by Gasteiger charge is -2.37. The Bertz CT molecular complexity index is 1040. The Hall–Kier alpha value is -2.65. The van der Waals surface area contributed by atoms with Crippen LogP contribution in [0.2, 0.25) is 5.02 Å². The third-order valence-corrected chi connectivity index (χ3v) is 5.17. The molecule has 0 bridgehead atoms. The molecule has 10 heteroatoms. The van der Waals surface area contributed by atoms with Crippen LogP contribution in [-0.4, -0.2) is 25.5 Å². The van der Waals surface area contributed by atoms with Crippen LogP contribution >= 0.6 is 11.6 Å². The molecule has 4 rings (SSSR count). The standard InChI is InChI=1S/C19H14ClF4N3O2/c20-11-5-15(23)17(16(24)6-11)29-18(3-4-18)19(28,8-27-10-25-9-26-27)13-2-1-12(21)7-14(13)22/h1-2,5-7,9-10,28H,3-4,8H2. The van der Waals surface area contributed by atoms with Crippen LogP contribution in [0.5, 0.6) is 5.75 Å². The van der Waals surface area contributed by atoms with Gasteiger partial charge in [0.05, 0.1) is 6.54 Å². The molecule has 0 aliphatic heterocycles. The molecule has 0 spiro atoms. The molecule has 1 N–H and O–H groups in total. The number of nitrogens with zero attached hydrogens (tertiary/aromatic N) is 3. The zero-order valence-corrected chi connectivity index (χ0v) is 15.5. The maximum Gasteiger partial charge on any atom is 0.191 e. The average Bonchev–Trinajstić information content (AvgIpc) is 3.27. The lowest BCUT2D eigenvalue weighted by molar-refractivity contribution is -0.102.